The summed E-state index contributed by atoms with van der Waals surface area (Å²) in [5, 5.41) is 30.0. The van der Waals surface area contributed by atoms with Gasteiger partial charge in [-0.05, 0) is 134 Å². The first-order valence-electron chi connectivity index (χ1n) is 20.5. The molecule has 8 nitrogen and oxygen atoms in total. The van der Waals surface area contributed by atoms with Gasteiger partial charge >= 0.3 is 0 Å². The van der Waals surface area contributed by atoms with Crippen molar-refractivity contribution in [2.24, 2.45) is 16.5 Å². The molecular formula is C54H68Cl2N6O2S. The van der Waals surface area contributed by atoms with Gasteiger partial charge < -0.3 is 38.5 Å². The Morgan fingerprint density at radius 2 is 1.15 bits per heavy atom. The van der Waals surface area contributed by atoms with E-state index in [0.717, 1.165) is 49.0 Å². The van der Waals surface area contributed by atoms with Crippen molar-refractivity contribution < 1.29 is 10.2 Å². The molecule has 0 heterocycles. The summed E-state index contributed by atoms with van der Waals surface area (Å²) in [6.07, 6.45) is 6.65. The Labute approximate surface area is 403 Å². The molecule has 0 aromatic heterocycles. The minimum Gasteiger partial charge on any atom is -0.505 e. The summed E-state index contributed by atoms with van der Waals surface area (Å²) in [6.45, 7) is 20.2. The topological polar surface area (TPSA) is 169 Å². The predicted molar refractivity (Wildman–Crippen MR) is 294 cm³/mol. The number of nitrogens with two attached hydrogens (primary N) is 4. The highest BCUT2D eigenvalue weighted by atomic mass is 35.5. The number of aromatic hydroxyl groups is 2. The van der Waals surface area contributed by atoms with Crippen molar-refractivity contribution in [3.63, 3.8) is 0 Å². The molecule has 0 fully saturated rings. The molecular weight excluding hydrogens is 868 g/mol. The highest BCUT2D eigenvalue weighted by Gasteiger charge is 2.12. The highest BCUT2D eigenvalue weighted by molar-refractivity contribution is 7.79. The first-order valence-corrected chi connectivity index (χ1v) is 22.1. The lowest BCUT2D eigenvalue weighted by Gasteiger charge is -2.13. The molecule has 11 N–H and O–H groups in total. The molecule has 65 heavy (non-hydrogen) atoms. The zero-order chi connectivity index (χ0) is 49.5. The van der Waals surface area contributed by atoms with E-state index in [2.05, 4.69) is 66.7 Å². The molecule has 0 atom stereocenters. The number of anilines is 2. The molecule has 0 bridgehead atoms. The largest absolute Gasteiger partial charge is 0.505 e. The van der Waals surface area contributed by atoms with Crippen LogP contribution in [0.4, 0.5) is 17.1 Å². The summed E-state index contributed by atoms with van der Waals surface area (Å²) >= 11 is 14.8. The zero-order valence-corrected chi connectivity index (χ0v) is 41.4. The van der Waals surface area contributed by atoms with E-state index in [4.69, 9.17) is 40.4 Å². The van der Waals surface area contributed by atoms with E-state index in [9.17, 15) is 10.2 Å². The van der Waals surface area contributed by atoms with E-state index < -0.39 is 0 Å². The fraction of sp³-hybridized carbons (Fsp3) is 0.167. The third-order valence-electron chi connectivity index (χ3n) is 8.73. The number of thiol groups is 1. The van der Waals surface area contributed by atoms with Crippen molar-refractivity contribution >= 4 is 91.9 Å². The maximum Gasteiger partial charge on any atom is 0.142 e. The van der Waals surface area contributed by atoms with E-state index in [0.29, 0.717) is 22.1 Å². The van der Waals surface area contributed by atoms with Gasteiger partial charge in [0.1, 0.15) is 11.5 Å². The van der Waals surface area contributed by atoms with E-state index in [1.54, 1.807) is 18.5 Å². The second-order valence-electron chi connectivity index (χ2n) is 14.0. The minimum absolute atomic E-state index is 0.193. The van der Waals surface area contributed by atoms with Crippen LogP contribution in [0.2, 0.25) is 5.02 Å². The number of nitrogens with zero attached hydrogens (tertiary/aromatic N) is 1. The molecule has 0 amide bonds. The molecule has 346 valence electrons. The van der Waals surface area contributed by atoms with Gasteiger partial charge in [0, 0.05) is 28.5 Å². The van der Waals surface area contributed by atoms with Crippen LogP contribution in [0.1, 0.15) is 44.7 Å². The number of phenols is 2. The second kappa shape index (κ2) is 33.2. The molecule has 0 aliphatic rings. The van der Waals surface area contributed by atoms with Gasteiger partial charge in [-0.25, -0.2) is 0 Å². The summed E-state index contributed by atoms with van der Waals surface area (Å²) in [6, 6.07) is 43.2. The van der Waals surface area contributed by atoms with E-state index >= 15 is 0 Å². The van der Waals surface area contributed by atoms with Crippen LogP contribution in [0, 0.1) is 6.92 Å². The number of aliphatic imine (C=N–C) groups is 1. The Morgan fingerprint density at radius 1 is 0.708 bits per heavy atom. The van der Waals surface area contributed by atoms with Gasteiger partial charge in [0.05, 0.1) is 22.1 Å². The summed E-state index contributed by atoms with van der Waals surface area (Å²) in [4.78, 5) is 3.87. The van der Waals surface area contributed by atoms with Crippen LogP contribution in [0.25, 0.3) is 32.3 Å². The third kappa shape index (κ3) is 20.8. The van der Waals surface area contributed by atoms with Crippen LogP contribution in [-0.4, -0.2) is 37.3 Å². The van der Waals surface area contributed by atoms with Crippen LogP contribution in [0.3, 0.4) is 0 Å². The smallest absolute Gasteiger partial charge is 0.142 e. The van der Waals surface area contributed by atoms with Crippen LogP contribution in [0.5, 0.6) is 11.5 Å². The molecule has 11 heteroatoms. The van der Waals surface area contributed by atoms with Gasteiger partial charge in [0.15, 0.2) is 0 Å². The lowest BCUT2D eigenvalue weighted by atomic mass is 9.96. The summed E-state index contributed by atoms with van der Waals surface area (Å²) in [5.74, 6) is 0.694. The van der Waals surface area contributed by atoms with Crippen molar-refractivity contribution in [3.8, 4) is 11.5 Å². The predicted octanol–water partition coefficient (Wildman–Crippen LogP) is 14.2. The molecule has 7 rings (SSSR count). The van der Waals surface area contributed by atoms with Crippen LogP contribution < -0.4 is 28.3 Å². The van der Waals surface area contributed by atoms with Gasteiger partial charge in [0.25, 0.3) is 0 Å². The Hall–Kier alpha value is -6.36. The number of nitrogens with one attached hydrogen (secondary N) is 1. The molecule has 0 aliphatic carbocycles. The standard InChI is InChI=1S/C13H15NO.C11H11NO.C11H9N.C8H12ClN.C6H5Cl.C3H7N.CH5N.CH4S/c1-8(2)11-7-9-5-3-4-6-10(9)12(14)13(11)15;1-7-6-8-4-2-3-5-9(8)10(12)11(7)13;1-12-11-7-6-9-4-2-3-5-10(9)8-11;1-4-8(10)7(9)5-6(2)3;7-6-4-2-1-3-5-6;1-3-4-2;2*1-2/h3-8,15H,14H2,1-2H3;2-6,13H,12H2,1H3;2-8H,1H2;4-5H,1,10H2,2-3H3;1-5H;3-4H,1H2,2H3;2H2,1H3;2H,1H3/b;;;8-7-;;;;. The Balaban J connectivity index is 0.000000768. The molecule has 7 aromatic rings. The van der Waals surface area contributed by atoms with Crippen LogP contribution in [0.15, 0.2) is 186 Å². The Kier molecular flexibility index (Phi) is 29.9. The van der Waals surface area contributed by atoms with E-state index in [1.807, 2.05) is 157 Å². The molecule has 7 aromatic carbocycles. The number of rotatable bonds is 5. The summed E-state index contributed by atoms with van der Waals surface area (Å²) < 4.78 is 0. The fourth-order valence-corrected chi connectivity index (χ4v) is 5.90. The average molecular weight is 936 g/mol. The van der Waals surface area contributed by atoms with Gasteiger partial charge in [-0.1, -0.05) is 153 Å². The number of hydrogen-bond donors (Lipinski definition) is 8. The number of aryl methyl sites for hydroxylation is 1. The lowest BCUT2D eigenvalue weighted by molar-refractivity contribution is 0.468. The minimum atomic E-state index is 0.193. The third-order valence-corrected chi connectivity index (χ3v) is 9.31. The first kappa shape index (κ1) is 58.6. The van der Waals surface area contributed by atoms with Gasteiger partial charge in [-0.2, -0.15) is 12.6 Å². The molecule has 0 saturated heterocycles. The van der Waals surface area contributed by atoms with Crippen molar-refractivity contribution in [2.75, 3.05) is 31.8 Å². The lowest BCUT2D eigenvalue weighted by Crippen LogP contribution is -1.95. The Morgan fingerprint density at radius 3 is 1.58 bits per heavy atom. The van der Waals surface area contributed by atoms with Crippen molar-refractivity contribution in [3.05, 3.63) is 197 Å². The molecule has 0 spiro atoms. The highest BCUT2D eigenvalue weighted by Crippen LogP contribution is 2.37. The quantitative estimate of drug-likeness (QED) is 0.0279. The van der Waals surface area contributed by atoms with Crippen LogP contribution >= 0.6 is 35.8 Å². The number of benzene rings is 7. The maximum atomic E-state index is 9.94. The number of allylic oxidation sites excluding steroid dienone is 4. The van der Waals surface area contributed by atoms with Crippen molar-refractivity contribution in [1.29, 1.82) is 0 Å². The average Bonchev–Trinajstić information content (AvgIpc) is 3.33. The fourth-order valence-electron chi connectivity index (χ4n) is 5.46. The number of nitrogen functional groups attached to an aromatic ring is 2. The second-order valence-corrected chi connectivity index (χ2v) is 14.8. The SMILES string of the molecule is C=C/C(N)=C(/Cl)C=C(C)C.C=CNC.C=Nc1ccc2ccccc2c1.CC(C)c1cc2ccccc2c(N)c1O.CN.CS.Cc1cc2ccccc2c(N)c1O.Clc1ccccc1. The van der Waals surface area contributed by atoms with Crippen molar-refractivity contribution in [1.82, 2.24) is 5.32 Å². The Bertz CT molecular complexity index is 2570. The first-order chi connectivity index (χ1) is 31.1. The normalized spacial score (nSPS) is 9.80. The van der Waals surface area contributed by atoms with E-state index in [1.165, 1.54) is 23.9 Å². The number of phenolic OH excluding ortho intramolecular Hbond substituents is 2. The van der Waals surface area contributed by atoms with Gasteiger partial charge in [0.2, 0.25) is 0 Å². The molecule has 0 unspecified atom stereocenters. The number of hydrogen-bond acceptors (Lipinski definition) is 9. The molecule has 0 saturated carbocycles. The van der Waals surface area contributed by atoms with Crippen LogP contribution in [-0.2, 0) is 0 Å². The summed E-state index contributed by atoms with van der Waals surface area (Å²) in [7, 11) is 3.31. The van der Waals surface area contributed by atoms with Gasteiger partial charge in [-0.3, -0.25) is 4.99 Å². The molecule has 0 aliphatic heterocycles. The van der Waals surface area contributed by atoms with Crippen molar-refractivity contribution in [2.45, 2.75) is 40.5 Å². The van der Waals surface area contributed by atoms with Gasteiger partial charge in [-0.15, -0.1) is 0 Å². The monoisotopic (exact) mass is 934 g/mol. The number of fused-ring (bicyclic) bond motifs is 3. The maximum absolute atomic E-state index is 9.94. The molecule has 0 radical (unpaired) electrons. The zero-order valence-electron chi connectivity index (χ0n) is 39.0. The van der Waals surface area contributed by atoms with E-state index in [-0.39, 0.29) is 17.4 Å². The number of halogens is 2. The summed E-state index contributed by atoms with van der Waals surface area (Å²) in [5.41, 5.74) is 26.9.